The molecule has 0 radical (unpaired) electrons. The summed E-state index contributed by atoms with van der Waals surface area (Å²) >= 11 is 6.08. The van der Waals surface area contributed by atoms with Crippen molar-refractivity contribution in [3.8, 4) is 5.75 Å². The molecule has 23 heavy (non-hydrogen) atoms. The highest BCUT2D eigenvalue weighted by Crippen LogP contribution is 2.29. The fourth-order valence-corrected chi connectivity index (χ4v) is 3.03. The molecule has 1 aliphatic rings. The Kier molecular flexibility index (Phi) is 4.72. The highest BCUT2D eigenvalue weighted by atomic mass is 35.5. The van der Waals surface area contributed by atoms with E-state index in [2.05, 4.69) is 17.4 Å². The number of nitrogens with zero attached hydrogens (tertiary/aromatic N) is 1. The summed E-state index contributed by atoms with van der Waals surface area (Å²) in [5.41, 5.74) is 1.88. The normalized spacial score (nSPS) is 17.1. The Morgan fingerprint density at radius 2 is 1.96 bits per heavy atom. The predicted molar refractivity (Wildman–Crippen MR) is 92.4 cm³/mol. The van der Waals surface area contributed by atoms with Crippen LogP contribution in [0.25, 0.3) is 0 Å². The number of hydrogen-bond donors (Lipinski definition) is 1. The number of hydrogen-bond acceptors (Lipinski definition) is 2. The van der Waals surface area contributed by atoms with Crippen LogP contribution < -0.4 is 10.1 Å². The van der Waals surface area contributed by atoms with Crippen molar-refractivity contribution in [1.29, 1.82) is 0 Å². The lowest BCUT2D eigenvalue weighted by molar-refractivity contribution is 0.222. The summed E-state index contributed by atoms with van der Waals surface area (Å²) in [6, 6.07) is 15.2. The lowest BCUT2D eigenvalue weighted by Gasteiger charge is -2.18. The van der Waals surface area contributed by atoms with Gasteiger partial charge in [-0.1, -0.05) is 35.9 Å². The van der Waals surface area contributed by atoms with Crippen LogP contribution in [-0.4, -0.2) is 31.1 Å². The summed E-state index contributed by atoms with van der Waals surface area (Å²) in [6.45, 7) is 1.45. The van der Waals surface area contributed by atoms with Crippen LogP contribution in [0.1, 0.15) is 17.9 Å². The monoisotopic (exact) mass is 330 g/mol. The third-order valence-corrected chi connectivity index (χ3v) is 4.51. The van der Waals surface area contributed by atoms with Crippen molar-refractivity contribution >= 4 is 23.3 Å². The van der Waals surface area contributed by atoms with Crippen LogP contribution in [0.3, 0.4) is 0 Å². The summed E-state index contributed by atoms with van der Waals surface area (Å²) in [4.78, 5) is 14.2. The predicted octanol–water partition coefficient (Wildman–Crippen LogP) is 4.37. The second-order valence-corrected chi connectivity index (χ2v) is 6.02. The molecule has 0 spiro atoms. The van der Waals surface area contributed by atoms with Crippen LogP contribution >= 0.6 is 11.6 Å². The molecule has 4 nitrogen and oxygen atoms in total. The maximum absolute atomic E-state index is 12.4. The van der Waals surface area contributed by atoms with Crippen molar-refractivity contribution < 1.29 is 9.53 Å². The number of halogens is 1. The van der Waals surface area contributed by atoms with Gasteiger partial charge in [-0.2, -0.15) is 0 Å². The van der Waals surface area contributed by atoms with Gasteiger partial charge in [0.1, 0.15) is 5.75 Å². The van der Waals surface area contributed by atoms with E-state index in [1.807, 2.05) is 29.2 Å². The number of benzene rings is 2. The fourth-order valence-electron chi connectivity index (χ4n) is 2.85. The van der Waals surface area contributed by atoms with Gasteiger partial charge in [0, 0.05) is 19.0 Å². The number of amides is 2. The van der Waals surface area contributed by atoms with Gasteiger partial charge in [-0.3, -0.25) is 0 Å². The smallest absolute Gasteiger partial charge is 0.321 e. The Morgan fingerprint density at radius 3 is 2.65 bits per heavy atom. The molecule has 0 saturated carbocycles. The molecule has 2 amide bonds. The molecule has 1 heterocycles. The maximum Gasteiger partial charge on any atom is 0.321 e. The van der Waals surface area contributed by atoms with Crippen LogP contribution in [0, 0.1) is 0 Å². The van der Waals surface area contributed by atoms with Crippen LogP contribution in [0.5, 0.6) is 5.75 Å². The van der Waals surface area contributed by atoms with E-state index in [1.54, 1.807) is 19.2 Å². The second kappa shape index (κ2) is 6.92. The van der Waals surface area contributed by atoms with Gasteiger partial charge in [-0.25, -0.2) is 4.79 Å². The molecule has 0 aromatic heterocycles. The Bertz CT molecular complexity index is 688. The highest BCUT2D eigenvalue weighted by molar-refractivity contribution is 6.33. The van der Waals surface area contributed by atoms with E-state index in [4.69, 9.17) is 16.3 Å². The van der Waals surface area contributed by atoms with Gasteiger partial charge in [0.05, 0.1) is 17.8 Å². The summed E-state index contributed by atoms with van der Waals surface area (Å²) in [5.74, 6) is 1.21. The average Bonchev–Trinajstić information content (AvgIpc) is 3.07. The molecule has 2 aromatic carbocycles. The molecule has 1 fully saturated rings. The lowest BCUT2D eigenvalue weighted by atomic mass is 9.98. The molecule has 0 bridgehead atoms. The molecule has 1 N–H and O–H groups in total. The molecule has 0 aliphatic carbocycles. The topological polar surface area (TPSA) is 41.6 Å². The zero-order valence-electron chi connectivity index (χ0n) is 13.0. The first-order valence-electron chi connectivity index (χ1n) is 7.62. The van der Waals surface area contributed by atoms with Crippen molar-refractivity contribution in [2.24, 2.45) is 0 Å². The van der Waals surface area contributed by atoms with E-state index in [9.17, 15) is 4.79 Å². The minimum absolute atomic E-state index is 0.103. The van der Waals surface area contributed by atoms with Gasteiger partial charge < -0.3 is 15.0 Å². The number of methoxy groups -OCH3 is 1. The number of likely N-dealkylation sites (tertiary alicyclic amines) is 1. The van der Waals surface area contributed by atoms with Crippen molar-refractivity contribution in [2.45, 2.75) is 12.3 Å². The number of carbonyl (C=O) groups excluding carboxylic acids is 1. The van der Waals surface area contributed by atoms with E-state index in [0.29, 0.717) is 23.2 Å². The fraction of sp³-hybridized carbons (Fsp3) is 0.278. The van der Waals surface area contributed by atoms with Crippen molar-refractivity contribution in [3.63, 3.8) is 0 Å². The maximum atomic E-state index is 12.4. The summed E-state index contributed by atoms with van der Waals surface area (Å²) in [7, 11) is 1.66. The lowest BCUT2D eigenvalue weighted by Crippen LogP contribution is -2.32. The average molecular weight is 331 g/mol. The van der Waals surface area contributed by atoms with Gasteiger partial charge in [0.2, 0.25) is 0 Å². The number of nitrogens with one attached hydrogen (secondary N) is 1. The highest BCUT2D eigenvalue weighted by Gasteiger charge is 2.27. The third kappa shape index (κ3) is 3.59. The zero-order valence-corrected chi connectivity index (χ0v) is 13.7. The van der Waals surface area contributed by atoms with Crippen molar-refractivity contribution in [2.75, 3.05) is 25.5 Å². The second-order valence-electron chi connectivity index (χ2n) is 5.61. The number of rotatable bonds is 3. The Morgan fingerprint density at radius 1 is 1.22 bits per heavy atom. The molecule has 1 atom stereocenters. The minimum atomic E-state index is -0.103. The number of ether oxygens (including phenoxy) is 1. The Hall–Kier alpha value is -2.20. The van der Waals surface area contributed by atoms with Gasteiger partial charge in [0.15, 0.2) is 0 Å². The first kappa shape index (κ1) is 15.7. The van der Waals surface area contributed by atoms with E-state index < -0.39 is 0 Å². The van der Waals surface area contributed by atoms with Gasteiger partial charge in [0.25, 0.3) is 0 Å². The van der Waals surface area contributed by atoms with Crippen molar-refractivity contribution in [1.82, 2.24) is 4.90 Å². The standard InChI is InChI=1S/C18H19ClN2O2/c1-23-15-8-6-13(7-9-15)14-10-11-21(12-14)18(22)20-17-5-3-2-4-16(17)19/h2-9,14H,10-12H2,1H3,(H,20,22)/t14-/m0/s1. The molecule has 5 heteroatoms. The molecule has 120 valence electrons. The molecule has 0 unspecified atom stereocenters. The van der Waals surface area contributed by atoms with Crippen LogP contribution in [0.2, 0.25) is 5.02 Å². The van der Waals surface area contributed by atoms with E-state index in [1.165, 1.54) is 5.56 Å². The largest absolute Gasteiger partial charge is 0.497 e. The molecule has 1 aliphatic heterocycles. The van der Waals surface area contributed by atoms with Gasteiger partial charge >= 0.3 is 6.03 Å². The van der Waals surface area contributed by atoms with E-state index >= 15 is 0 Å². The quantitative estimate of drug-likeness (QED) is 0.908. The molecular formula is C18H19ClN2O2. The molecular weight excluding hydrogens is 312 g/mol. The van der Waals surface area contributed by atoms with Crippen LogP contribution in [0.4, 0.5) is 10.5 Å². The Labute approximate surface area is 141 Å². The van der Waals surface area contributed by atoms with Crippen LogP contribution in [-0.2, 0) is 0 Å². The number of para-hydroxylation sites is 1. The number of anilines is 1. The Balaban J connectivity index is 1.62. The molecule has 3 rings (SSSR count). The molecule has 1 saturated heterocycles. The summed E-state index contributed by atoms with van der Waals surface area (Å²) < 4.78 is 5.18. The van der Waals surface area contributed by atoms with Crippen molar-refractivity contribution in [3.05, 3.63) is 59.1 Å². The molecule has 2 aromatic rings. The third-order valence-electron chi connectivity index (χ3n) is 4.18. The zero-order chi connectivity index (χ0) is 16.2. The summed E-state index contributed by atoms with van der Waals surface area (Å²) in [5, 5.41) is 3.43. The first-order valence-corrected chi connectivity index (χ1v) is 7.99. The van der Waals surface area contributed by atoms with E-state index in [-0.39, 0.29) is 6.03 Å². The van der Waals surface area contributed by atoms with Gasteiger partial charge in [-0.15, -0.1) is 0 Å². The first-order chi connectivity index (χ1) is 11.2. The number of carbonyl (C=O) groups is 1. The van der Waals surface area contributed by atoms with E-state index in [0.717, 1.165) is 18.7 Å². The van der Waals surface area contributed by atoms with Gasteiger partial charge in [-0.05, 0) is 36.2 Å². The number of urea groups is 1. The SMILES string of the molecule is COc1ccc([C@H]2CCN(C(=O)Nc3ccccc3Cl)C2)cc1. The minimum Gasteiger partial charge on any atom is -0.497 e. The van der Waals surface area contributed by atoms with Crippen LogP contribution in [0.15, 0.2) is 48.5 Å². The summed E-state index contributed by atoms with van der Waals surface area (Å²) in [6.07, 6.45) is 0.961.